The van der Waals surface area contributed by atoms with E-state index < -0.39 is 68.1 Å². The van der Waals surface area contributed by atoms with Crippen LogP contribution in [0.25, 0.3) is 89.9 Å². The van der Waals surface area contributed by atoms with E-state index in [2.05, 4.69) is 9.98 Å². The second kappa shape index (κ2) is 22.4. The zero-order chi connectivity index (χ0) is 69.5. The van der Waals surface area contributed by atoms with Crippen molar-refractivity contribution in [1.82, 2.24) is 23.8 Å². The summed E-state index contributed by atoms with van der Waals surface area (Å²) in [5.74, 6) is -0.678. The number of aromatic amines is 1. The highest BCUT2D eigenvalue weighted by Crippen LogP contribution is 2.54. The number of carbonyl (C=O) groups excluding carboxylic acids is 3. The van der Waals surface area contributed by atoms with Gasteiger partial charge in [0, 0.05) is 12.1 Å². The van der Waals surface area contributed by atoms with Gasteiger partial charge in [-0.05, 0) is 146 Å². The molecule has 3 aliphatic heterocycles. The highest BCUT2D eigenvalue weighted by atomic mass is 19.4. The Labute approximate surface area is 552 Å². The number of furan rings is 6. The molecule has 18 rings (SSSR count). The molecule has 0 unspecified atom stereocenters. The zero-order valence-corrected chi connectivity index (χ0v) is 50.9. The Balaban J connectivity index is 0.000000124. The first kappa shape index (κ1) is 61.1. The number of hydrogen-bond acceptors (Lipinski definition) is 16. The number of fused-ring (bicyclic) bond motifs is 11. The standard InChI is InChI=1S/C28H15F3N4O8.C28H15F3N4O2.C14H8N2O4/c1-14-6-8-16(18(12-14)34(38)39)32-24(20-4-2-10-42-20)22-23(26(32)36)25(21-5-3-11-43-21)33(27(22)37)17-9-7-15(28(29,30)31)13-19(17)35(40)41;1-14-6-8-18-16(12-14)32-26-22-23(24(34(18)26)20-4-2-10-36-20)27-33-17-13-15(28(29,30)31)7-9-19(17)35(27)25(22)21-5-3-11-37-21;17-13-9-10(12(16-13)8-4-2-6-20-8)14(18)15-11(9)7-3-1-5-19-7/h2-13H,1H3;2-13H,1H3;1-6,15,18H. The maximum atomic E-state index is 14.2. The number of nitro groups is 2. The molecule has 0 saturated carbocycles. The predicted octanol–water partition coefficient (Wildman–Crippen LogP) is 16.5. The van der Waals surface area contributed by atoms with E-state index in [4.69, 9.17) is 36.5 Å². The Hall–Kier alpha value is -13.8. The topological polar surface area (TPSA) is 306 Å². The second-order valence-electron chi connectivity index (χ2n) is 22.8. The number of nitro benzene ring substituents is 2. The van der Waals surface area contributed by atoms with Crippen molar-refractivity contribution in [2.75, 3.05) is 9.80 Å². The average molecular weight is 1360 g/mol. The molecule has 11 aromatic heterocycles. The van der Waals surface area contributed by atoms with E-state index in [-0.39, 0.29) is 57.2 Å². The lowest BCUT2D eigenvalue weighted by atomic mass is 10.1. The minimum absolute atomic E-state index is 0.0517. The predicted molar refractivity (Wildman–Crippen MR) is 344 cm³/mol. The van der Waals surface area contributed by atoms with Crippen molar-refractivity contribution < 1.29 is 82.2 Å². The number of imidazole rings is 2. The summed E-state index contributed by atoms with van der Waals surface area (Å²) in [6.07, 6.45) is -0.825. The number of rotatable bonds is 10. The number of amides is 3. The molecule has 4 aromatic carbocycles. The van der Waals surface area contributed by atoms with Gasteiger partial charge in [0.15, 0.2) is 40.4 Å². The Morgan fingerprint density at radius 1 is 0.490 bits per heavy atom. The number of aryl methyl sites for hydroxylation is 2. The van der Waals surface area contributed by atoms with Crippen LogP contribution in [0.15, 0.2) is 226 Å². The van der Waals surface area contributed by atoms with Crippen LogP contribution in [-0.2, 0) is 21.9 Å². The molecule has 100 heavy (non-hydrogen) atoms. The maximum absolute atomic E-state index is 14.2. The Kier molecular flexibility index (Phi) is 13.7. The molecule has 0 atom stereocenters. The van der Waals surface area contributed by atoms with Gasteiger partial charge in [-0.2, -0.15) is 26.3 Å². The molecule has 14 heterocycles. The van der Waals surface area contributed by atoms with Crippen molar-refractivity contribution >= 4 is 102 Å². The number of alkyl halides is 6. The number of benzene rings is 4. The number of nitrogens with zero attached hydrogens (tertiary/aromatic N) is 9. The highest BCUT2D eigenvalue weighted by Gasteiger charge is 2.54. The molecule has 0 aliphatic carbocycles. The molecule has 3 aliphatic rings. The lowest BCUT2D eigenvalue weighted by Gasteiger charge is -2.24. The number of anilines is 2. The number of halogens is 6. The van der Waals surface area contributed by atoms with Crippen molar-refractivity contribution in [2.24, 2.45) is 4.99 Å². The number of aromatic nitrogens is 5. The molecule has 0 saturated heterocycles. The van der Waals surface area contributed by atoms with Gasteiger partial charge in [0.05, 0.1) is 119 Å². The van der Waals surface area contributed by atoms with E-state index in [0.717, 1.165) is 61.1 Å². The molecule has 30 heteroatoms. The number of H-pyrrole nitrogens is 1. The lowest BCUT2D eigenvalue weighted by molar-refractivity contribution is -0.384. The quantitative estimate of drug-likeness (QED) is 0.0730. The monoisotopic (exact) mass is 1360 g/mol. The van der Waals surface area contributed by atoms with E-state index in [1.807, 2.05) is 46.1 Å². The van der Waals surface area contributed by atoms with E-state index in [9.17, 15) is 66.1 Å². The molecule has 0 bridgehead atoms. The molecular weight excluding hydrogens is 1320 g/mol. The molecule has 15 aromatic rings. The molecule has 2 N–H and O–H groups in total. The highest BCUT2D eigenvalue weighted by molar-refractivity contribution is 6.41. The van der Waals surface area contributed by atoms with E-state index in [1.54, 1.807) is 55.8 Å². The summed E-state index contributed by atoms with van der Waals surface area (Å²) >= 11 is 0. The smallest absolute Gasteiger partial charge is 0.416 e. The zero-order valence-electron chi connectivity index (χ0n) is 50.9. The van der Waals surface area contributed by atoms with Gasteiger partial charge in [0.2, 0.25) is 0 Å². The summed E-state index contributed by atoms with van der Waals surface area (Å²) in [7, 11) is 0. The maximum Gasteiger partial charge on any atom is 0.416 e. The number of aromatic hydroxyl groups is 1. The first-order valence-corrected chi connectivity index (χ1v) is 29.7. The van der Waals surface area contributed by atoms with Crippen LogP contribution >= 0.6 is 0 Å². The summed E-state index contributed by atoms with van der Waals surface area (Å²) in [4.78, 5) is 80.9. The first-order chi connectivity index (χ1) is 48.0. The third-order valence-corrected chi connectivity index (χ3v) is 16.9. The number of aliphatic imine (C=N–C) groups is 1. The van der Waals surface area contributed by atoms with Gasteiger partial charge in [0.25, 0.3) is 29.1 Å². The van der Waals surface area contributed by atoms with Crippen LogP contribution in [0.5, 0.6) is 5.88 Å². The summed E-state index contributed by atoms with van der Waals surface area (Å²) in [6, 6.07) is 35.0. The summed E-state index contributed by atoms with van der Waals surface area (Å²) in [6.45, 7) is 3.62. The van der Waals surface area contributed by atoms with Crippen molar-refractivity contribution in [3.63, 3.8) is 0 Å². The van der Waals surface area contributed by atoms with Crippen LogP contribution in [-0.4, -0.2) is 62.1 Å². The SMILES string of the molecule is Cc1ccc(N2C(=O)C3=C(c4ccco4)N(c4ccc(C(F)(F)F)cc4[N+](=O)[O-])C(=O)C3=C2c2ccco2)c([N+](=O)[O-])c1.Cc1ccc2c(c1)nc1c3c(-c4ccco4)n4c5ccc(C(F)(F)F)cc5nc4c3c(-c3ccco3)n21.O=C1N=C(c2ccco2)c2c(O)[nH]c(-c3ccco3)c21. The van der Waals surface area contributed by atoms with Gasteiger partial charge in [0.1, 0.15) is 51.2 Å². The Morgan fingerprint density at radius 2 is 0.900 bits per heavy atom. The molecule has 0 spiro atoms. The van der Waals surface area contributed by atoms with E-state index in [0.29, 0.717) is 79.7 Å². The molecule has 0 radical (unpaired) electrons. The van der Waals surface area contributed by atoms with Crippen LogP contribution in [0.3, 0.4) is 0 Å². The Bertz CT molecular complexity index is 5990. The number of nitrogens with one attached hydrogen (secondary N) is 1. The van der Waals surface area contributed by atoms with Gasteiger partial charge in [-0.3, -0.25) is 53.2 Å². The average Bonchev–Trinajstić information content (AvgIpc) is 1.52. The number of hydrogen-bond donors (Lipinski definition) is 2. The van der Waals surface area contributed by atoms with Gasteiger partial charge in [-0.25, -0.2) is 15.0 Å². The van der Waals surface area contributed by atoms with Crippen molar-refractivity contribution in [3.05, 3.63) is 265 Å². The fourth-order valence-electron chi connectivity index (χ4n) is 12.8. The Morgan fingerprint density at radius 3 is 1.38 bits per heavy atom. The molecule has 494 valence electrons. The number of carbonyl (C=O) groups is 3. The molecule has 0 fully saturated rings. The molecular formula is C70H38F6N10O14. The fraction of sp³-hybridized carbons (Fsp3) is 0.0571. The van der Waals surface area contributed by atoms with Crippen molar-refractivity contribution in [3.8, 4) is 40.2 Å². The normalized spacial score (nSPS) is 14.0. The van der Waals surface area contributed by atoms with E-state index >= 15 is 0 Å². The van der Waals surface area contributed by atoms with Crippen LogP contribution < -0.4 is 9.80 Å². The van der Waals surface area contributed by atoms with Crippen LogP contribution in [0, 0.1) is 34.1 Å². The summed E-state index contributed by atoms with van der Waals surface area (Å²) in [5, 5.41) is 35.6. The van der Waals surface area contributed by atoms with Crippen LogP contribution in [0.1, 0.15) is 55.5 Å². The third-order valence-electron chi connectivity index (χ3n) is 16.9. The van der Waals surface area contributed by atoms with Gasteiger partial charge >= 0.3 is 12.4 Å². The van der Waals surface area contributed by atoms with E-state index in [1.165, 1.54) is 73.6 Å². The van der Waals surface area contributed by atoms with Gasteiger partial charge in [-0.15, -0.1) is 0 Å². The van der Waals surface area contributed by atoms with Crippen LogP contribution in [0.4, 0.5) is 49.1 Å². The third kappa shape index (κ3) is 9.46. The summed E-state index contributed by atoms with van der Waals surface area (Å²) in [5.41, 5.74) is 2.51. The minimum Gasteiger partial charge on any atom is -0.494 e. The van der Waals surface area contributed by atoms with Gasteiger partial charge < -0.3 is 36.6 Å². The fourth-order valence-corrected chi connectivity index (χ4v) is 12.8. The van der Waals surface area contributed by atoms with Crippen molar-refractivity contribution in [1.29, 1.82) is 0 Å². The van der Waals surface area contributed by atoms with Gasteiger partial charge in [-0.1, -0.05) is 12.1 Å². The van der Waals surface area contributed by atoms with Crippen LogP contribution in [0.2, 0.25) is 0 Å². The minimum atomic E-state index is -4.93. The largest absolute Gasteiger partial charge is 0.494 e. The van der Waals surface area contributed by atoms with Crippen molar-refractivity contribution in [2.45, 2.75) is 26.2 Å². The lowest BCUT2D eigenvalue weighted by Crippen LogP contribution is -2.30. The molecule has 24 nitrogen and oxygen atoms in total. The second-order valence-corrected chi connectivity index (χ2v) is 22.8. The summed E-state index contributed by atoms with van der Waals surface area (Å²) < 4.78 is 118. The molecule has 3 amide bonds. The first-order valence-electron chi connectivity index (χ1n) is 29.7.